The molecule has 1 aliphatic carbocycles. The lowest BCUT2D eigenvalue weighted by molar-refractivity contribution is -0.165. The van der Waals surface area contributed by atoms with Crippen LogP contribution in [-0.2, 0) is 14.0 Å². The molecule has 26 heavy (non-hydrogen) atoms. The molecular formula is C20H37NO4Si. The number of likely N-dealkylation sites (tertiary alicyclic amines) is 1. The van der Waals surface area contributed by atoms with E-state index in [0.29, 0.717) is 12.5 Å². The molecule has 2 rings (SSSR count). The summed E-state index contributed by atoms with van der Waals surface area (Å²) in [6.07, 6.45) is 4.84. The van der Waals surface area contributed by atoms with Gasteiger partial charge in [-0.15, -0.1) is 0 Å². The number of carbonyl (C=O) groups is 2. The highest BCUT2D eigenvalue weighted by atomic mass is 28.4. The maximum absolute atomic E-state index is 12.8. The molecule has 2 atom stereocenters. The molecule has 2 fully saturated rings. The van der Waals surface area contributed by atoms with Crippen molar-refractivity contribution in [1.29, 1.82) is 0 Å². The van der Waals surface area contributed by atoms with Gasteiger partial charge in [-0.1, -0.05) is 53.9 Å². The van der Waals surface area contributed by atoms with E-state index in [-0.39, 0.29) is 17.9 Å². The largest absolute Gasteiger partial charge is 0.449 e. The van der Waals surface area contributed by atoms with Crippen LogP contribution in [0.4, 0.5) is 4.79 Å². The topological polar surface area (TPSA) is 55.8 Å². The summed E-state index contributed by atoms with van der Waals surface area (Å²) in [6.45, 7) is 10.9. The molecule has 0 radical (unpaired) electrons. The lowest BCUT2D eigenvalue weighted by Gasteiger charge is -2.51. The fraction of sp³-hybridized carbons (Fsp3) is 0.900. The number of carbonyl (C=O) groups excluding carboxylic acids is 2. The third-order valence-electron chi connectivity index (χ3n) is 6.27. The SMILES string of the molecule is CC[Si](CC)(CC)O[C@@H]1C(=O)N(C(=O)OCC(C)C)[C@@H]1C1CCCCC1. The van der Waals surface area contributed by atoms with E-state index >= 15 is 0 Å². The highest BCUT2D eigenvalue weighted by Crippen LogP contribution is 2.40. The first kappa shape index (κ1) is 21.4. The van der Waals surface area contributed by atoms with E-state index in [0.717, 1.165) is 31.0 Å². The van der Waals surface area contributed by atoms with Crippen molar-refractivity contribution in [1.82, 2.24) is 4.90 Å². The van der Waals surface area contributed by atoms with Crippen molar-refractivity contribution in [2.45, 2.75) is 97.0 Å². The first-order chi connectivity index (χ1) is 12.4. The van der Waals surface area contributed by atoms with Crippen LogP contribution in [0.25, 0.3) is 0 Å². The molecule has 6 heteroatoms. The molecule has 0 unspecified atom stereocenters. The number of β-lactam (4-membered cyclic amide) rings is 1. The predicted octanol–water partition coefficient (Wildman–Crippen LogP) is 4.96. The van der Waals surface area contributed by atoms with Gasteiger partial charge >= 0.3 is 6.09 Å². The van der Waals surface area contributed by atoms with Crippen LogP contribution in [0.3, 0.4) is 0 Å². The van der Waals surface area contributed by atoms with Gasteiger partial charge in [0.05, 0.1) is 12.6 Å². The van der Waals surface area contributed by atoms with E-state index in [1.54, 1.807) is 0 Å². The van der Waals surface area contributed by atoms with Gasteiger partial charge in [0.25, 0.3) is 5.91 Å². The Morgan fingerprint density at radius 2 is 1.69 bits per heavy atom. The highest BCUT2D eigenvalue weighted by molar-refractivity contribution is 6.73. The van der Waals surface area contributed by atoms with Crippen LogP contribution in [0.2, 0.25) is 18.1 Å². The molecule has 2 amide bonds. The smallest absolute Gasteiger partial charge is 0.416 e. The van der Waals surface area contributed by atoms with E-state index < -0.39 is 20.5 Å². The standard InChI is InChI=1S/C20H37NO4Si/c1-6-26(7-2,8-3)25-18-17(16-12-10-9-11-13-16)21(19(18)22)20(23)24-14-15(4)5/h15-18H,6-14H2,1-5H3/t17-,18+/m1/s1. The Balaban J connectivity index is 2.16. The second kappa shape index (κ2) is 9.35. The zero-order valence-corrected chi connectivity index (χ0v) is 18.3. The number of rotatable bonds is 8. The normalized spacial score (nSPS) is 24.7. The van der Waals surface area contributed by atoms with Crippen molar-refractivity contribution in [2.24, 2.45) is 11.8 Å². The number of hydrogen-bond acceptors (Lipinski definition) is 4. The molecule has 0 aromatic heterocycles. The number of hydrogen-bond donors (Lipinski definition) is 0. The minimum atomic E-state index is -1.90. The molecular weight excluding hydrogens is 346 g/mol. The Labute approximate surface area is 159 Å². The fourth-order valence-electron chi connectivity index (χ4n) is 4.33. The quantitative estimate of drug-likeness (QED) is 0.439. The number of ether oxygens (including phenoxy) is 1. The van der Waals surface area contributed by atoms with Crippen molar-refractivity contribution < 1.29 is 18.8 Å². The second-order valence-electron chi connectivity index (χ2n) is 8.35. The summed E-state index contributed by atoms with van der Waals surface area (Å²) in [5, 5.41) is 0. The van der Waals surface area contributed by atoms with Gasteiger partial charge in [-0.05, 0) is 42.8 Å². The number of nitrogens with zero attached hydrogens (tertiary/aromatic N) is 1. The molecule has 0 spiro atoms. The third kappa shape index (κ3) is 4.50. The summed E-state index contributed by atoms with van der Waals surface area (Å²) in [5.74, 6) is 0.438. The maximum Gasteiger partial charge on any atom is 0.416 e. The van der Waals surface area contributed by atoms with Gasteiger partial charge in [0.15, 0.2) is 8.32 Å². The average Bonchev–Trinajstić information content (AvgIpc) is 2.66. The monoisotopic (exact) mass is 383 g/mol. The van der Waals surface area contributed by atoms with Gasteiger partial charge < -0.3 is 9.16 Å². The van der Waals surface area contributed by atoms with Crippen molar-refractivity contribution in [2.75, 3.05) is 6.61 Å². The summed E-state index contributed by atoms with van der Waals surface area (Å²) < 4.78 is 11.9. The van der Waals surface area contributed by atoms with E-state index in [1.807, 2.05) is 13.8 Å². The van der Waals surface area contributed by atoms with Gasteiger partial charge in [0, 0.05) is 0 Å². The number of amides is 2. The molecule has 5 nitrogen and oxygen atoms in total. The summed E-state index contributed by atoms with van der Waals surface area (Å²) in [4.78, 5) is 26.8. The van der Waals surface area contributed by atoms with Crippen molar-refractivity contribution in [3.05, 3.63) is 0 Å². The van der Waals surface area contributed by atoms with Gasteiger partial charge in [0.2, 0.25) is 0 Å². The maximum atomic E-state index is 12.8. The van der Waals surface area contributed by atoms with Gasteiger partial charge in [-0.25, -0.2) is 9.69 Å². The molecule has 1 saturated heterocycles. The third-order valence-corrected chi connectivity index (χ3v) is 10.9. The number of imide groups is 1. The summed E-state index contributed by atoms with van der Waals surface area (Å²) >= 11 is 0. The molecule has 1 heterocycles. The van der Waals surface area contributed by atoms with Crippen molar-refractivity contribution in [3.8, 4) is 0 Å². The van der Waals surface area contributed by atoms with Gasteiger partial charge in [0.1, 0.15) is 6.10 Å². The van der Waals surface area contributed by atoms with E-state index in [2.05, 4.69) is 20.8 Å². The Bertz CT molecular complexity index is 478. The Morgan fingerprint density at radius 3 is 2.19 bits per heavy atom. The zero-order valence-electron chi connectivity index (χ0n) is 17.3. The molecule has 1 saturated carbocycles. The van der Waals surface area contributed by atoms with Crippen LogP contribution in [0.5, 0.6) is 0 Å². The first-order valence-electron chi connectivity index (χ1n) is 10.6. The van der Waals surface area contributed by atoms with E-state index in [9.17, 15) is 9.59 Å². The van der Waals surface area contributed by atoms with Crippen LogP contribution in [0.1, 0.15) is 66.7 Å². The summed E-state index contributed by atoms with van der Waals surface area (Å²) in [6, 6.07) is 2.91. The van der Waals surface area contributed by atoms with Crippen molar-refractivity contribution in [3.63, 3.8) is 0 Å². The fourth-order valence-corrected chi connectivity index (χ4v) is 7.10. The molecule has 0 N–H and O–H groups in total. The highest BCUT2D eigenvalue weighted by Gasteiger charge is 2.57. The first-order valence-corrected chi connectivity index (χ1v) is 13.1. The molecule has 0 bridgehead atoms. The second-order valence-corrected chi connectivity index (χ2v) is 13.1. The lowest BCUT2D eigenvalue weighted by atomic mass is 9.77. The van der Waals surface area contributed by atoms with Gasteiger partial charge in [-0.3, -0.25) is 4.79 Å². The lowest BCUT2D eigenvalue weighted by Crippen LogP contribution is -2.72. The summed E-state index contributed by atoms with van der Waals surface area (Å²) in [7, 11) is -1.90. The van der Waals surface area contributed by atoms with E-state index in [4.69, 9.17) is 9.16 Å². The van der Waals surface area contributed by atoms with Crippen LogP contribution >= 0.6 is 0 Å². The van der Waals surface area contributed by atoms with Crippen LogP contribution < -0.4 is 0 Å². The zero-order chi connectivity index (χ0) is 19.3. The molecule has 150 valence electrons. The average molecular weight is 384 g/mol. The molecule has 0 aromatic rings. The van der Waals surface area contributed by atoms with E-state index in [1.165, 1.54) is 24.2 Å². The Morgan fingerprint density at radius 1 is 1.12 bits per heavy atom. The minimum Gasteiger partial charge on any atom is -0.449 e. The molecule has 1 aliphatic heterocycles. The molecule has 0 aromatic carbocycles. The Hall–Kier alpha value is -0.883. The Kier molecular flexibility index (Phi) is 7.71. The van der Waals surface area contributed by atoms with Crippen LogP contribution in [0.15, 0.2) is 0 Å². The van der Waals surface area contributed by atoms with Gasteiger partial charge in [-0.2, -0.15) is 0 Å². The van der Waals surface area contributed by atoms with Crippen LogP contribution in [-0.4, -0.2) is 44.0 Å². The minimum absolute atomic E-state index is 0.126. The molecule has 2 aliphatic rings. The predicted molar refractivity (Wildman–Crippen MR) is 105 cm³/mol. The van der Waals surface area contributed by atoms with Crippen LogP contribution in [0, 0.1) is 11.8 Å². The summed E-state index contributed by atoms with van der Waals surface area (Å²) in [5.41, 5.74) is 0. The van der Waals surface area contributed by atoms with Crippen molar-refractivity contribution >= 4 is 20.3 Å².